The predicted octanol–water partition coefficient (Wildman–Crippen LogP) is 6.06. The van der Waals surface area contributed by atoms with Gasteiger partial charge < -0.3 is 29.4 Å². The standard InChI is InChI=1S/C40H36F4N6O7S/c1-38(2)36(54)49(24-5-3-22(20-45)29(18-24)40(42,43)44)37(58)50(38)25-6-9-31(30(41)19-25)56-16-15-55-14-13-46-39(11-12-39)35(53)47-23-4-7-26-28(21-57-32(26)17-23)27-8-10-33(51)48-34(27)52/h3-7,9,17-19,21,27,46H,8,10-16H2,1-2H3,(H,47,53)(H,48,51,52). The highest BCUT2D eigenvalue weighted by molar-refractivity contribution is 7.81. The third-order valence-corrected chi connectivity index (χ3v) is 10.8. The van der Waals surface area contributed by atoms with E-state index in [0.29, 0.717) is 48.7 Å². The van der Waals surface area contributed by atoms with Crippen molar-refractivity contribution in [3.05, 3.63) is 83.4 Å². The number of imide groups is 1. The van der Waals surface area contributed by atoms with E-state index >= 15 is 4.39 Å². The first-order valence-corrected chi connectivity index (χ1v) is 18.7. The van der Waals surface area contributed by atoms with Crippen molar-refractivity contribution in [2.45, 2.75) is 62.7 Å². The Kier molecular flexibility index (Phi) is 10.7. The van der Waals surface area contributed by atoms with Crippen molar-refractivity contribution < 1.29 is 50.6 Å². The Morgan fingerprint density at radius 3 is 2.50 bits per heavy atom. The van der Waals surface area contributed by atoms with Gasteiger partial charge in [-0.1, -0.05) is 0 Å². The molecule has 0 bridgehead atoms. The molecule has 18 heteroatoms. The number of carbonyl (C=O) groups excluding carboxylic acids is 4. The summed E-state index contributed by atoms with van der Waals surface area (Å²) in [5.41, 5.74) is -2.29. The zero-order chi connectivity index (χ0) is 41.6. The molecule has 1 unspecified atom stereocenters. The van der Waals surface area contributed by atoms with Gasteiger partial charge in [-0.05, 0) is 87.8 Å². The van der Waals surface area contributed by atoms with Crippen LogP contribution in [0.4, 0.5) is 34.6 Å². The number of carbonyl (C=O) groups is 4. The molecule has 1 atom stereocenters. The van der Waals surface area contributed by atoms with Crippen LogP contribution in [-0.2, 0) is 30.1 Å². The number of amides is 4. The van der Waals surface area contributed by atoms with Gasteiger partial charge >= 0.3 is 6.18 Å². The fraction of sp³-hybridized carbons (Fsp3) is 0.350. The van der Waals surface area contributed by atoms with Crippen molar-refractivity contribution in [3.8, 4) is 11.8 Å². The minimum atomic E-state index is -4.85. The molecule has 58 heavy (non-hydrogen) atoms. The van der Waals surface area contributed by atoms with E-state index in [0.717, 1.165) is 22.4 Å². The minimum Gasteiger partial charge on any atom is -0.488 e. The van der Waals surface area contributed by atoms with Gasteiger partial charge in [-0.3, -0.25) is 29.4 Å². The SMILES string of the molecule is CC1(C)C(=O)N(c2ccc(C#N)c(C(F)(F)F)c2)C(=S)N1c1ccc(OCCOCCNC2(C(=O)Nc3ccc4c(C5CCC(=O)NC5=O)coc4c3)CC2)c(F)c1. The Morgan fingerprint density at radius 1 is 1.05 bits per heavy atom. The smallest absolute Gasteiger partial charge is 0.417 e. The van der Waals surface area contributed by atoms with Crippen molar-refractivity contribution in [3.63, 3.8) is 0 Å². The number of hydrogen-bond donors (Lipinski definition) is 3. The molecule has 13 nitrogen and oxygen atoms in total. The molecule has 4 aromatic rings. The minimum absolute atomic E-state index is 0.0114. The van der Waals surface area contributed by atoms with Gasteiger partial charge in [-0.2, -0.15) is 18.4 Å². The summed E-state index contributed by atoms with van der Waals surface area (Å²) in [5.74, 6) is -2.90. The van der Waals surface area contributed by atoms with Crippen molar-refractivity contribution in [1.82, 2.24) is 10.6 Å². The maximum atomic E-state index is 15.3. The lowest BCUT2D eigenvalue weighted by atomic mass is 9.90. The largest absolute Gasteiger partial charge is 0.488 e. The van der Waals surface area contributed by atoms with Gasteiger partial charge in [0, 0.05) is 47.4 Å². The molecular formula is C40H36F4N6O7S. The van der Waals surface area contributed by atoms with E-state index in [1.54, 1.807) is 18.2 Å². The molecule has 3 N–H and O–H groups in total. The van der Waals surface area contributed by atoms with E-state index in [9.17, 15) is 32.3 Å². The fourth-order valence-electron chi connectivity index (χ4n) is 7.13. The quantitative estimate of drug-likeness (QED) is 0.0622. The van der Waals surface area contributed by atoms with Gasteiger partial charge in [-0.15, -0.1) is 0 Å². The van der Waals surface area contributed by atoms with Crippen LogP contribution in [0.5, 0.6) is 5.75 Å². The summed E-state index contributed by atoms with van der Waals surface area (Å²) in [6.07, 6.45) is -1.46. The fourth-order valence-corrected chi connectivity index (χ4v) is 7.65. The van der Waals surface area contributed by atoms with Crippen molar-refractivity contribution >= 4 is 69.0 Å². The second-order valence-electron chi connectivity index (χ2n) is 14.6. The number of ether oxygens (including phenoxy) is 2. The number of nitrogens with one attached hydrogen (secondary N) is 3. The van der Waals surface area contributed by atoms with Crippen molar-refractivity contribution in [2.24, 2.45) is 0 Å². The number of benzene rings is 3. The van der Waals surface area contributed by atoms with Crippen LogP contribution in [0, 0.1) is 17.1 Å². The van der Waals surface area contributed by atoms with E-state index in [1.807, 2.05) is 0 Å². The molecule has 1 saturated carbocycles. The third kappa shape index (κ3) is 7.72. The van der Waals surface area contributed by atoms with Crippen LogP contribution < -0.4 is 30.5 Å². The summed E-state index contributed by atoms with van der Waals surface area (Å²) < 4.78 is 73.2. The number of furan rings is 1. The molecule has 3 aromatic carbocycles. The second-order valence-corrected chi connectivity index (χ2v) is 15.0. The summed E-state index contributed by atoms with van der Waals surface area (Å²) in [4.78, 5) is 52.8. The molecule has 0 spiro atoms. The Hall–Kier alpha value is -5.90. The van der Waals surface area contributed by atoms with E-state index in [-0.39, 0.29) is 66.2 Å². The van der Waals surface area contributed by atoms with Crippen molar-refractivity contribution in [2.75, 3.05) is 41.5 Å². The highest BCUT2D eigenvalue weighted by Gasteiger charge is 2.51. The molecule has 302 valence electrons. The topological polar surface area (TPSA) is 166 Å². The number of thiocarbonyl (C=S) groups is 1. The van der Waals surface area contributed by atoms with E-state index in [4.69, 9.17) is 31.4 Å². The number of hydrogen-bond acceptors (Lipinski definition) is 10. The van der Waals surface area contributed by atoms with Gasteiger partial charge in [0.15, 0.2) is 16.7 Å². The maximum Gasteiger partial charge on any atom is 0.417 e. The van der Waals surface area contributed by atoms with Crippen LogP contribution in [0.3, 0.4) is 0 Å². The van der Waals surface area contributed by atoms with Crippen LogP contribution in [0.15, 0.2) is 65.3 Å². The molecule has 3 heterocycles. The summed E-state index contributed by atoms with van der Waals surface area (Å²) >= 11 is 5.52. The Morgan fingerprint density at radius 2 is 1.81 bits per heavy atom. The molecule has 1 aliphatic carbocycles. The predicted molar refractivity (Wildman–Crippen MR) is 205 cm³/mol. The normalized spacial score (nSPS) is 18.7. The number of nitriles is 1. The number of piperidine rings is 1. The number of alkyl halides is 3. The van der Waals surface area contributed by atoms with Gasteiger partial charge in [0.2, 0.25) is 17.7 Å². The van der Waals surface area contributed by atoms with Crippen LogP contribution in [-0.4, -0.2) is 66.2 Å². The van der Waals surface area contributed by atoms with E-state index in [1.165, 1.54) is 49.3 Å². The lowest BCUT2D eigenvalue weighted by molar-refractivity contribution is -0.138. The average molecular weight is 821 g/mol. The molecule has 3 aliphatic rings. The molecule has 0 radical (unpaired) electrons. The van der Waals surface area contributed by atoms with Gasteiger partial charge in [0.1, 0.15) is 17.7 Å². The van der Waals surface area contributed by atoms with Crippen LogP contribution in [0.1, 0.15) is 62.1 Å². The average Bonchev–Trinajstić information content (AvgIpc) is 3.81. The second kappa shape index (κ2) is 15.5. The first kappa shape index (κ1) is 40.3. The van der Waals surface area contributed by atoms with Crippen LogP contribution in [0.2, 0.25) is 0 Å². The first-order valence-electron chi connectivity index (χ1n) is 18.3. The Bertz CT molecular complexity index is 2390. The molecular weight excluding hydrogens is 785 g/mol. The monoisotopic (exact) mass is 820 g/mol. The third-order valence-electron chi connectivity index (χ3n) is 10.4. The van der Waals surface area contributed by atoms with Gasteiger partial charge in [-0.25, -0.2) is 4.39 Å². The first-order chi connectivity index (χ1) is 27.5. The molecule has 7 rings (SSSR count). The number of rotatable bonds is 13. The highest BCUT2D eigenvalue weighted by atomic mass is 32.1. The summed E-state index contributed by atoms with van der Waals surface area (Å²) in [5, 5.41) is 18.2. The number of fused-ring (bicyclic) bond motifs is 1. The molecule has 3 fully saturated rings. The Labute approximate surface area is 334 Å². The summed E-state index contributed by atoms with van der Waals surface area (Å²) in [7, 11) is 0. The zero-order valence-corrected chi connectivity index (χ0v) is 31.9. The molecule has 2 saturated heterocycles. The van der Waals surface area contributed by atoms with Gasteiger partial charge in [0.25, 0.3) is 5.91 Å². The number of halogens is 4. The number of anilines is 3. The summed E-state index contributed by atoms with van der Waals surface area (Å²) in [6.45, 7) is 3.69. The molecule has 4 amide bonds. The van der Waals surface area contributed by atoms with Crippen LogP contribution >= 0.6 is 12.2 Å². The molecule has 1 aromatic heterocycles. The summed E-state index contributed by atoms with van der Waals surface area (Å²) in [6, 6.07) is 13.5. The molecule has 2 aliphatic heterocycles. The van der Waals surface area contributed by atoms with Gasteiger partial charge in [0.05, 0.1) is 53.8 Å². The highest BCUT2D eigenvalue weighted by Crippen LogP contribution is 2.41. The lowest BCUT2D eigenvalue weighted by Gasteiger charge is -2.29. The van der Waals surface area contributed by atoms with Crippen molar-refractivity contribution in [1.29, 1.82) is 5.26 Å². The lowest BCUT2D eigenvalue weighted by Crippen LogP contribution is -2.44. The zero-order valence-electron chi connectivity index (χ0n) is 31.1. The van der Waals surface area contributed by atoms with E-state index in [2.05, 4.69) is 16.0 Å². The number of nitrogens with zero attached hydrogens (tertiary/aromatic N) is 3. The Balaban J connectivity index is 0.877. The maximum absolute atomic E-state index is 15.3. The van der Waals surface area contributed by atoms with Crippen LogP contribution in [0.25, 0.3) is 11.0 Å². The van der Waals surface area contributed by atoms with E-state index < -0.39 is 46.0 Å².